The summed E-state index contributed by atoms with van der Waals surface area (Å²) in [4.78, 5) is 27.9. The maximum absolute atomic E-state index is 12.9. The summed E-state index contributed by atoms with van der Waals surface area (Å²) in [6.45, 7) is 2.89. The summed E-state index contributed by atoms with van der Waals surface area (Å²) in [6, 6.07) is 12.8. The lowest BCUT2D eigenvalue weighted by Gasteiger charge is -2.15. The molecule has 6 nitrogen and oxygen atoms in total. The number of likely N-dealkylation sites (tertiary alicyclic amines) is 1. The minimum absolute atomic E-state index is 0.130. The zero-order valence-corrected chi connectivity index (χ0v) is 17.0. The van der Waals surface area contributed by atoms with Crippen LogP contribution in [-0.4, -0.2) is 48.8 Å². The number of anilines is 1. The monoisotopic (exact) mass is 412 g/mol. The SMILES string of the molecule is O=C(Nc1ccc2c(c1)OCCCO2)c1ccccc1SCC(=O)N1CCCC1. The van der Waals surface area contributed by atoms with E-state index < -0.39 is 0 Å². The Morgan fingerprint density at radius 3 is 2.55 bits per heavy atom. The number of hydrogen-bond acceptors (Lipinski definition) is 5. The quantitative estimate of drug-likeness (QED) is 0.757. The number of carbonyl (C=O) groups excluding carboxylic acids is 2. The molecule has 7 heteroatoms. The Hall–Kier alpha value is -2.67. The van der Waals surface area contributed by atoms with Gasteiger partial charge >= 0.3 is 0 Å². The lowest BCUT2D eigenvalue weighted by Crippen LogP contribution is -2.29. The van der Waals surface area contributed by atoms with E-state index in [1.54, 1.807) is 18.2 Å². The molecule has 1 N–H and O–H groups in total. The van der Waals surface area contributed by atoms with Crippen molar-refractivity contribution in [3.05, 3.63) is 48.0 Å². The van der Waals surface area contributed by atoms with Gasteiger partial charge in [0.25, 0.3) is 5.91 Å². The second-order valence-corrected chi connectivity index (χ2v) is 8.06. The number of nitrogens with one attached hydrogen (secondary N) is 1. The lowest BCUT2D eigenvalue weighted by atomic mass is 10.2. The van der Waals surface area contributed by atoms with E-state index in [2.05, 4.69) is 5.32 Å². The van der Waals surface area contributed by atoms with E-state index in [1.807, 2.05) is 29.2 Å². The van der Waals surface area contributed by atoms with Crippen LogP contribution in [0.1, 0.15) is 29.6 Å². The number of nitrogens with zero attached hydrogens (tertiary/aromatic N) is 1. The molecule has 2 heterocycles. The van der Waals surface area contributed by atoms with E-state index in [4.69, 9.17) is 9.47 Å². The van der Waals surface area contributed by atoms with Crippen molar-refractivity contribution in [2.75, 3.05) is 37.4 Å². The molecular formula is C22H24N2O4S. The van der Waals surface area contributed by atoms with Gasteiger partial charge in [-0.05, 0) is 37.1 Å². The van der Waals surface area contributed by atoms with Crippen LogP contribution < -0.4 is 14.8 Å². The summed E-state index contributed by atoms with van der Waals surface area (Å²) in [6.07, 6.45) is 2.98. The number of rotatable bonds is 5. The Kier molecular flexibility index (Phi) is 6.24. The van der Waals surface area contributed by atoms with Crippen LogP contribution in [0.2, 0.25) is 0 Å². The molecule has 152 valence electrons. The Balaban J connectivity index is 1.43. The van der Waals surface area contributed by atoms with Gasteiger partial charge < -0.3 is 19.7 Å². The summed E-state index contributed by atoms with van der Waals surface area (Å²) in [5.74, 6) is 1.59. The van der Waals surface area contributed by atoms with Crippen LogP contribution in [0.3, 0.4) is 0 Å². The lowest BCUT2D eigenvalue weighted by molar-refractivity contribution is -0.127. The molecule has 0 aromatic heterocycles. The fourth-order valence-electron chi connectivity index (χ4n) is 3.42. The summed E-state index contributed by atoms with van der Waals surface area (Å²) in [5.41, 5.74) is 1.20. The molecule has 2 aromatic rings. The van der Waals surface area contributed by atoms with Crippen LogP contribution in [-0.2, 0) is 4.79 Å². The Morgan fingerprint density at radius 1 is 0.966 bits per heavy atom. The molecular weight excluding hydrogens is 388 g/mol. The van der Waals surface area contributed by atoms with Gasteiger partial charge in [0, 0.05) is 36.2 Å². The molecule has 2 aromatic carbocycles. The highest BCUT2D eigenvalue weighted by Gasteiger charge is 2.19. The summed E-state index contributed by atoms with van der Waals surface area (Å²) < 4.78 is 11.3. The molecule has 2 aliphatic rings. The highest BCUT2D eigenvalue weighted by atomic mass is 32.2. The Labute approximate surface area is 174 Å². The minimum Gasteiger partial charge on any atom is -0.490 e. The number of carbonyl (C=O) groups is 2. The molecule has 0 saturated carbocycles. The van der Waals surface area contributed by atoms with E-state index in [1.165, 1.54) is 11.8 Å². The number of ether oxygens (including phenoxy) is 2. The van der Waals surface area contributed by atoms with E-state index in [0.717, 1.165) is 37.2 Å². The summed E-state index contributed by atoms with van der Waals surface area (Å²) in [7, 11) is 0. The minimum atomic E-state index is -0.212. The average molecular weight is 413 g/mol. The zero-order chi connectivity index (χ0) is 20.1. The van der Waals surface area contributed by atoms with Gasteiger partial charge in [-0.15, -0.1) is 11.8 Å². The zero-order valence-electron chi connectivity index (χ0n) is 16.2. The number of fused-ring (bicyclic) bond motifs is 1. The molecule has 0 radical (unpaired) electrons. The number of hydrogen-bond donors (Lipinski definition) is 1. The Bertz CT molecular complexity index is 896. The smallest absolute Gasteiger partial charge is 0.256 e. The highest BCUT2D eigenvalue weighted by Crippen LogP contribution is 2.33. The Morgan fingerprint density at radius 2 is 1.72 bits per heavy atom. The number of thioether (sulfide) groups is 1. The molecule has 0 aliphatic carbocycles. The first-order chi connectivity index (χ1) is 14.2. The predicted octanol–water partition coefficient (Wildman–Crippen LogP) is 3.81. The number of benzene rings is 2. The van der Waals surface area contributed by atoms with Crippen molar-refractivity contribution in [2.24, 2.45) is 0 Å². The van der Waals surface area contributed by atoms with E-state index in [9.17, 15) is 9.59 Å². The first kappa shape index (κ1) is 19.6. The topological polar surface area (TPSA) is 67.9 Å². The molecule has 0 atom stereocenters. The number of amides is 2. The van der Waals surface area contributed by atoms with Crippen LogP contribution >= 0.6 is 11.8 Å². The second kappa shape index (κ2) is 9.22. The van der Waals surface area contributed by atoms with Gasteiger partial charge in [-0.3, -0.25) is 9.59 Å². The normalized spacial score (nSPS) is 15.7. The van der Waals surface area contributed by atoms with Crippen molar-refractivity contribution in [1.29, 1.82) is 0 Å². The maximum atomic E-state index is 12.9. The third kappa shape index (κ3) is 4.85. The molecule has 2 amide bonds. The van der Waals surface area contributed by atoms with Crippen molar-refractivity contribution >= 4 is 29.3 Å². The van der Waals surface area contributed by atoms with E-state index in [-0.39, 0.29) is 11.8 Å². The standard InChI is InChI=1S/C22H24N2O4S/c25-21(24-10-3-4-11-24)15-29-20-7-2-1-6-17(20)22(26)23-16-8-9-18-19(14-16)28-13-5-12-27-18/h1-2,6-9,14H,3-5,10-13,15H2,(H,23,26). The first-order valence-electron chi connectivity index (χ1n) is 9.91. The molecule has 0 bridgehead atoms. The maximum Gasteiger partial charge on any atom is 0.256 e. The van der Waals surface area contributed by atoms with Crippen molar-refractivity contribution in [1.82, 2.24) is 4.90 Å². The van der Waals surface area contributed by atoms with Gasteiger partial charge in [-0.1, -0.05) is 12.1 Å². The fourth-order valence-corrected chi connectivity index (χ4v) is 4.37. The summed E-state index contributed by atoms with van der Waals surface area (Å²) >= 11 is 1.41. The van der Waals surface area contributed by atoms with Crippen molar-refractivity contribution in [2.45, 2.75) is 24.2 Å². The van der Waals surface area contributed by atoms with Gasteiger partial charge in [-0.2, -0.15) is 0 Å². The van der Waals surface area contributed by atoms with Gasteiger partial charge in [-0.25, -0.2) is 0 Å². The largest absolute Gasteiger partial charge is 0.490 e. The van der Waals surface area contributed by atoms with Crippen molar-refractivity contribution in [3.8, 4) is 11.5 Å². The third-order valence-electron chi connectivity index (χ3n) is 4.95. The third-order valence-corrected chi connectivity index (χ3v) is 6.01. The average Bonchev–Trinajstić information content (AvgIpc) is 3.18. The van der Waals surface area contributed by atoms with Crippen LogP contribution in [0.25, 0.3) is 0 Å². The van der Waals surface area contributed by atoms with E-state index in [0.29, 0.717) is 41.7 Å². The highest BCUT2D eigenvalue weighted by molar-refractivity contribution is 8.00. The van der Waals surface area contributed by atoms with Crippen LogP contribution in [0.4, 0.5) is 5.69 Å². The molecule has 1 fully saturated rings. The fraction of sp³-hybridized carbons (Fsp3) is 0.364. The van der Waals surface area contributed by atoms with Crippen molar-refractivity contribution in [3.63, 3.8) is 0 Å². The van der Waals surface area contributed by atoms with Crippen molar-refractivity contribution < 1.29 is 19.1 Å². The molecule has 4 rings (SSSR count). The van der Waals surface area contributed by atoms with E-state index >= 15 is 0 Å². The first-order valence-corrected chi connectivity index (χ1v) is 10.9. The van der Waals surface area contributed by atoms with Gasteiger partial charge in [0.2, 0.25) is 5.91 Å². The van der Waals surface area contributed by atoms with Gasteiger partial charge in [0.15, 0.2) is 11.5 Å². The van der Waals surface area contributed by atoms with Crippen LogP contribution in [0, 0.1) is 0 Å². The predicted molar refractivity (Wildman–Crippen MR) is 113 cm³/mol. The van der Waals surface area contributed by atoms with Gasteiger partial charge in [0.05, 0.1) is 24.5 Å². The molecule has 0 unspecified atom stereocenters. The van der Waals surface area contributed by atoms with Gasteiger partial charge in [0.1, 0.15) is 0 Å². The molecule has 0 spiro atoms. The second-order valence-electron chi connectivity index (χ2n) is 7.04. The summed E-state index contributed by atoms with van der Waals surface area (Å²) in [5, 5.41) is 2.93. The molecule has 1 saturated heterocycles. The van der Waals surface area contributed by atoms with Crippen LogP contribution in [0.15, 0.2) is 47.4 Å². The molecule has 2 aliphatic heterocycles. The molecule has 29 heavy (non-hydrogen) atoms. The van der Waals surface area contributed by atoms with Crippen LogP contribution in [0.5, 0.6) is 11.5 Å².